The first-order valence-corrected chi connectivity index (χ1v) is 7.74. The van der Waals surface area contributed by atoms with Crippen LogP contribution in [0.25, 0.3) is 10.9 Å². The Labute approximate surface area is 135 Å². The second kappa shape index (κ2) is 6.96. The average Bonchev–Trinajstić information content (AvgIpc) is 2.95. The number of rotatable bonds is 5. The predicted molar refractivity (Wildman–Crippen MR) is 92.6 cm³/mol. The van der Waals surface area contributed by atoms with Gasteiger partial charge in [0.15, 0.2) is 0 Å². The number of carbonyl (C=O) groups excluding carboxylic acids is 1. The molecule has 0 saturated heterocycles. The first kappa shape index (κ1) is 15.1. The normalized spacial score (nSPS) is 10.7. The van der Waals surface area contributed by atoms with E-state index in [0.29, 0.717) is 6.54 Å². The van der Waals surface area contributed by atoms with Crippen LogP contribution in [0.5, 0.6) is 0 Å². The molecule has 2 aromatic carbocycles. The largest absolute Gasteiger partial charge is 0.338 e. The zero-order chi connectivity index (χ0) is 16.1. The lowest BCUT2D eigenvalue weighted by Gasteiger charge is -2.08. The molecule has 0 saturated carbocycles. The van der Waals surface area contributed by atoms with E-state index in [2.05, 4.69) is 40.9 Å². The van der Waals surface area contributed by atoms with E-state index in [4.69, 9.17) is 0 Å². The molecule has 0 fully saturated rings. The smallest absolute Gasteiger partial charge is 0.319 e. The number of hydrogen-bond donors (Lipinski definition) is 2. The summed E-state index contributed by atoms with van der Waals surface area (Å²) in [5, 5.41) is 11.2. The molecule has 5 nitrogen and oxygen atoms in total. The molecule has 3 aromatic rings. The van der Waals surface area contributed by atoms with Crippen LogP contribution >= 0.6 is 0 Å². The summed E-state index contributed by atoms with van der Waals surface area (Å²) in [5.74, 6) is 0. The minimum absolute atomic E-state index is 0.183. The first-order chi connectivity index (χ1) is 11.2. The Morgan fingerprint density at radius 3 is 2.83 bits per heavy atom. The van der Waals surface area contributed by atoms with Gasteiger partial charge in [-0.2, -0.15) is 5.10 Å². The van der Waals surface area contributed by atoms with Gasteiger partial charge in [-0.1, -0.05) is 30.3 Å². The van der Waals surface area contributed by atoms with Crippen molar-refractivity contribution in [3.8, 4) is 0 Å². The van der Waals surface area contributed by atoms with Crippen molar-refractivity contribution in [2.45, 2.75) is 19.9 Å². The molecule has 0 aliphatic rings. The Morgan fingerprint density at radius 1 is 1.17 bits per heavy atom. The zero-order valence-electron chi connectivity index (χ0n) is 13.1. The van der Waals surface area contributed by atoms with E-state index in [1.165, 1.54) is 5.56 Å². The summed E-state index contributed by atoms with van der Waals surface area (Å²) in [5.41, 5.74) is 3.15. The van der Waals surface area contributed by atoms with Crippen molar-refractivity contribution in [2.24, 2.45) is 0 Å². The van der Waals surface area contributed by atoms with Crippen LogP contribution < -0.4 is 10.6 Å². The second-order valence-electron chi connectivity index (χ2n) is 5.53. The predicted octanol–water partition coefficient (Wildman–Crippen LogP) is 3.56. The van der Waals surface area contributed by atoms with Crippen molar-refractivity contribution in [3.05, 3.63) is 60.3 Å². The van der Waals surface area contributed by atoms with Gasteiger partial charge in [-0.05, 0) is 37.1 Å². The molecule has 5 heteroatoms. The van der Waals surface area contributed by atoms with Gasteiger partial charge in [-0.3, -0.25) is 4.68 Å². The summed E-state index contributed by atoms with van der Waals surface area (Å²) in [6.07, 6.45) is 2.71. The molecular formula is C18H20N4O. The number of benzene rings is 2. The highest BCUT2D eigenvalue weighted by Crippen LogP contribution is 2.15. The van der Waals surface area contributed by atoms with Gasteiger partial charge >= 0.3 is 6.03 Å². The van der Waals surface area contributed by atoms with Crippen LogP contribution in [0.1, 0.15) is 12.0 Å². The van der Waals surface area contributed by atoms with E-state index in [1.54, 1.807) is 0 Å². The van der Waals surface area contributed by atoms with Gasteiger partial charge in [0.2, 0.25) is 0 Å². The number of fused-ring (bicyclic) bond motifs is 1. The van der Waals surface area contributed by atoms with Crippen LogP contribution in [0.2, 0.25) is 0 Å². The second-order valence-corrected chi connectivity index (χ2v) is 5.53. The summed E-state index contributed by atoms with van der Waals surface area (Å²) in [6, 6.07) is 15.5. The topological polar surface area (TPSA) is 59.0 Å². The maximum Gasteiger partial charge on any atom is 0.319 e. The SMILES string of the molecule is Cc1ccc2cnn(CCCNC(=O)Nc3ccccc3)c2c1. The van der Waals surface area contributed by atoms with E-state index in [0.717, 1.165) is 29.6 Å². The number of nitrogens with one attached hydrogen (secondary N) is 2. The Hall–Kier alpha value is -2.82. The number of aromatic nitrogens is 2. The Kier molecular flexibility index (Phi) is 4.57. The third-order valence-electron chi connectivity index (χ3n) is 3.66. The zero-order valence-corrected chi connectivity index (χ0v) is 13.1. The van der Waals surface area contributed by atoms with E-state index >= 15 is 0 Å². The Morgan fingerprint density at radius 2 is 2.00 bits per heavy atom. The van der Waals surface area contributed by atoms with Gasteiger partial charge in [-0.15, -0.1) is 0 Å². The summed E-state index contributed by atoms with van der Waals surface area (Å²) in [7, 11) is 0. The maximum atomic E-state index is 11.8. The lowest BCUT2D eigenvalue weighted by atomic mass is 10.2. The van der Waals surface area contributed by atoms with E-state index in [1.807, 2.05) is 41.2 Å². The van der Waals surface area contributed by atoms with Crippen molar-refractivity contribution >= 4 is 22.6 Å². The minimum atomic E-state index is -0.183. The van der Waals surface area contributed by atoms with Crippen molar-refractivity contribution < 1.29 is 4.79 Å². The number of hydrogen-bond acceptors (Lipinski definition) is 2. The van der Waals surface area contributed by atoms with Crippen LogP contribution in [0.15, 0.2) is 54.7 Å². The fourth-order valence-corrected chi connectivity index (χ4v) is 2.49. The quantitative estimate of drug-likeness (QED) is 0.708. The third-order valence-corrected chi connectivity index (χ3v) is 3.66. The van der Waals surface area contributed by atoms with Gasteiger partial charge in [0.1, 0.15) is 0 Å². The van der Waals surface area contributed by atoms with Crippen molar-refractivity contribution in [1.82, 2.24) is 15.1 Å². The summed E-state index contributed by atoms with van der Waals surface area (Å²) in [6.45, 7) is 3.46. The minimum Gasteiger partial charge on any atom is -0.338 e. The van der Waals surface area contributed by atoms with E-state index in [9.17, 15) is 4.79 Å². The lowest BCUT2D eigenvalue weighted by Crippen LogP contribution is -2.30. The number of carbonyl (C=O) groups is 1. The number of urea groups is 1. The number of nitrogens with zero attached hydrogens (tertiary/aromatic N) is 2. The van der Waals surface area contributed by atoms with E-state index in [-0.39, 0.29) is 6.03 Å². The van der Waals surface area contributed by atoms with E-state index < -0.39 is 0 Å². The van der Waals surface area contributed by atoms with Crippen molar-refractivity contribution in [1.29, 1.82) is 0 Å². The number of para-hydroxylation sites is 1. The maximum absolute atomic E-state index is 11.8. The number of aryl methyl sites for hydroxylation is 2. The number of amides is 2. The fourth-order valence-electron chi connectivity index (χ4n) is 2.49. The lowest BCUT2D eigenvalue weighted by molar-refractivity contribution is 0.251. The molecule has 2 amide bonds. The molecule has 0 radical (unpaired) electrons. The molecule has 0 aliphatic carbocycles. The standard InChI is InChI=1S/C18H20N4O/c1-14-8-9-15-13-20-22(17(15)12-14)11-5-10-19-18(23)21-16-6-3-2-4-7-16/h2-4,6-9,12-13H,5,10-11H2,1H3,(H2,19,21,23). The van der Waals surface area contributed by atoms with Crippen LogP contribution in [0, 0.1) is 6.92 Å². The molecule has 0 atom stereocenters. The molecule has 0 bridgehead atoms. The molecule has 118 valence electrons. The average molecular weight is 308 g/mol. The fraction of sp³-hybridized carbons (Fsp3) is 0.222. The molecular weight excluding hydrogens is 288 g/mol. The molecule has 23 heavy (non-hydrogen) atoms. The first-order valence-electron chi connectivity index (χ1n) is 7.74. The molecule has 0 spiro atoms. The van der Waals surface area contributed by atoms with Crippen molar-refractivity contribution in [2.75, 3.05) is 11.9 Å². The van der Waals surface area contributed by atoms with Gasteiger partial charge < -0.3 is 10.6 Å². The monoisotopic (exact) mass is 308 g/mol. The third kappa shape index (κ3) is 3.88. The van der Waals surface area contributed by atoms with Gasteiger partial charge in [-0.25, -0.2) is 4.79 Å². The summed E-state index contributed by atoms with van der Waals surface area (Å²) < 4.78 is 1.99. The van der Waals surface area contributed by atoms with Gasteiger partial charge in [0, 0.05) is 24.2 Å². The summed E-state index contributed by atoms with van der Waals surface area (Å²) in [4.78, 5) is 11.8. The molecule has 1 aromatic heterocycles. The van der Waals surface area contributed by atoms with Crippen LogP contribution in [-0.2, 0) is 6.54 Å². The highest BCUT2D eigenvalue weighted by atomic mass is 16.2. The molecule has 3 rings (SSSR count). The van der Waals surface area contributed by atoms with Gasteiger partial charge in [0.25, 0.3) is 0 Å². The molecule has 1 heterocycles. The van der Waals surface area contributed by atoms with Crippen LogP contribution in [0.3, 0.4) is 0 Å². The highest BCUT2D eigenvalue weighted by molar-refractivity contribution is 5.89. The molecule has 0 unspecified atom stereocenters. The van der Waals surface area contributed by atoms with Crippen molar-refractivity contribution in [3.63, 3.8) is 0 Å². The Balaban J connectivity index is 1.47. The van der Waals surface area contributed by atoms with Crippen LogP contribution in [-0.4, -0.2) is 22.4 Å². The molecule has 0 aliphatic heterocycles. The Bertz CT molecular complexity index is 795. The van der Waals surface area contributed by atoms with Crippen LogP contribution in [0.4, 0.5) is 10.5 Å². The highest BCUT2D eigenvalue weighted by Gasteiger charge is 2.04. The summed E-state index contributed by atoms with van der Waals surface area (Å²) >= 11 is 0. The number of anilines is 1. The molecule has 2 N–H and O–H groups in total. The van der Waals surface area contributed by atoms with Gasteiger partial charge in [0.05, 0.1) is 11.7 Å².